The van der Waals surface area contributed by atoms with E-state index in [1.54, 1.807) is 6.92 Å². The predicted octanol–water partition coefficient (Wildman–Crippen LogP) is 4.20. The highest BCUT2D eigenvalue weighted by atomic mass is 32.1. The summed E-state index contributed by atoms with van der Waals surface area (Å²) in [4.78, 5) is 31.9. The number of nitrogens with one attached hydrogen (secondary N) is 1. The first-order valence-corrected chi connectivity index (χ1v) is 9.38. The average Bonchev–Trinajstić information content (AvgIpc) is 2.85. The van der Waals surface area contributed by atoms with Crippen LogP contribution in [-0.2, 0) is 4.79 Å². The van der Waals surface area contributed by atoms with E-state index in [-0.39, 0.29) is 11.5 Å². The molecule has 1 atom stereocenters. The Morgan fingerprint density at radius 1 is 1.15 bits per heavy atom. The zero-order valence-corrected chi connectivity index (χ0v) is 16.7. The fourth-order valence-electron chi connectivity index (χ4n) is 3.26. The van der Waals surface area contributed by atoms with Gasteiger partial charge in [0.1, 0.15) is 10.9 Å². The van der Waals surface area contributed by atoms with E-state index in [1.165, 1.54) is 22.2 Å². The smallest absolute Gasteiger partial charge is 0.263 e. The van der Waals surface area contributed by atoms with Gasteiger partial charge in [-0.05, 0) is 58.2 Å². The summed E-state index contributed by atoms with van der Waals surface area (Å²) in [5.74, 6) is -0.229. The van der Waals surface area contributed by atoms with Crippen molar-refractivity contribution in [2.24, 2.45) is 0 Å². The number of hydrogen-bond acceptors (Lipinski definition) is 4. The van der Waals surface area contributed by atoms with Gasteiger partial charge in [0, 0.05) is 10.6 Å². The Morgan fingerprint density at radius 2 is 1.77 bits per heavy atom. The number of rotatable bonds is 3. The summed E-state index contributed by atoms with van der Waals surface area (Å²) < 4.78 is 1.41. The lowest BCUT2D eigenvalue weighted by atomic mass is 10.0. The molecule has 1 amide bonds. The van der Waals surface area contributed by atoms with Gasteiger partial charge in [0.2, 0.25) is 5.91 Å². The van der Waals surface area contributed by atoms with Crippen molar-refractivity contribution >= 4 is 33.1 Å². The van der Waals surface area contributed by atoms with Crippen LogP contribution in [0.2, 0.25) is 0 Å². The van der Waals surface area contributed by atoms with Crippen molar-refractivity contribution in [2.45, 2.75) is 47.6 Å². The van der Waals surface area contributed by atoms with Gasteiger partial charge in [-0.2, -0.15) is 0 Å². The summed E-state index contributed by atoms with van der Waals surface area (Å²) >= 11 is 1.50. The van der Waals surface area contributed by atoms with Gasteiger partial charge in [-0.3, -0.25) is 14.2 Å². The number of aryl methyl sites for hydroxylation is 5. The standard InChI is InChI=1S/C20H23N3O2S/c1-10-7-11(2)17(12(3)8-10)22-18(24)14(5)23-9-21-19-16(20(23)25)13(4)15(6)26-19/h7-9,14H,1-6H3,(H,22,24)/t14-/m1/s1. The summed E-state index contributed by atoms with van der Waals surface area (Å²) in [6, 6.07) is 3.41. The fraction of sp³-hybridized carbons (Fsp3) is 0.350. The summed E-state index contributed by atoms with van der Waals surface area (Å²) in [6.07, 6.45) is 1.47. The molecular formula is C20H23N3O2S. The molecule has 136 valence electrons. The van der Waals surface area contributed by atoms with Crippen molar-refractivity contribution in [3.63, 3.8) is 0 Å². The Morgan fingerprint density at radius 3 is 2.38 bits per heavy atom. The molecule has 1 aromatic carbocycles. The monoisotopic (exact) mass is 369 g/mol. The summed E-state index contributed by atoms with van der Waals surface area (Å²) in [6.45, 7) is 11.6. The van der Waals surface area contributed by atoms with Crippen LogP contribution in [0.3, 0.4) is 0 Å². The highest BCUT2D eigenvalue weighted by Gasteiger charge is 2.21. The lowest BCUT2D eigenvalue weighted by Crippen LogP contribution is -2.32. The molecule has 2 heterocycles. The Kier molecular flexibility index (Phi) is 4.71. The SMILES string of the molecule is Cc1cc(C)c(NC(=O)[C@@H](C)n2cnc3sc(C)c(C)c3c2=O)c(C)c1. The van der Waals surface area contributed by atoms with Crippen LogP contribution >= 0.6 is 11.3 Å². The molecule has 3 aromatic rings. The highest BCUT2D eigenvalue weighted by Crippen LogP contribution is 2.26. The summed E-state index contributed by atoms with van der Waals surface area (Å²) in [7, 11) is 0. The number of nitrogens with zero attached hydrogens (tertiary/aromatic N) is 2. The fourth-order valence-corrected chi connectivity index (χ4v) is 4.24. The first kappa shape index (κ1) is 18.3. The van der Waals surface area contributed by atoms with Crippen LogP contribution in [0.4, 0.5) is 5.69 Å². The molecule has 2 aromatic heterocycles. The van der Waals surface area contributed by atoms with Gasteiger partial charge in [-0.25, -0.2) is 4.98 Å². The quantitative estimate of drug-likeness (QED) is 0.752. The minimum absolute atomic E-state index is 0.170. The van der Waals surface area contributed by atoms with Crippen LogP contribution in [0.15, 0.2) is 23.3 Å². The lowest BCUT2D eigenvalue weighted by Gasteiger charge is -2.18. The van der Waals surface area contributed by atoms with Crippen molar-refractivity contribution in [1.29, 1.82) is 0 Å². The maximum Gasteiger partial charge on any atom is 0.263 e. The van der Waals surface area contributed by atoms with Crippen molar-refractivity contribution in [2.75, 3.05) is 5.32 Å². The Labute approximate surface area is 156 Å². The summed E-state index contributed by atoms with van der Waals surface area (Å²) in [5, 5.41) is 3.58. The van der Waals surface area contributed by atoms with Gasteiger partial charge in [-0.15, -0.1) is 11.3 Å². The highest BCUT2D eigenvalue weighted by molar-refractivity contribution is 7.18. The number of aromatic nitrogens is 2. The van der Waals surface area contributed by atoms with E-state index in [2.05, 4.69) is 10.3 Å². The number of fused-ring (bicyclic) bond motifs is 1. The minimum atomic E-state index is -0.654. The molecule has 3 rings (SSSR count). The molecule has 6 heteroatoms. The van der Waals surface area contributed by atoms with Gasteiger partial charge in [0.25, 0.3) is 5.56 Å². The molecular weight excluding hydrogens is 346 g/mol. The molecule has 0 unspecified atom stereocenters. The van der Waals surface area contributed by atoms with E-state index in [9.17, 15) is 9.59 Å². The Bertz CT molecular complexity index is 1060. The van der Waals surface area contributed by atoms with E-state index in [0.717, 1.165) is 37.6 Å². The average molecular weight is 369 g/mol. The second kappa shape index (κ2) is 6.68. The molecule has 0 radical (unpaired) electrons. The lowest BCUT2D eigenvalue weighted by molar-refractivity contribution is -0.118. The van der Waals surface area contributed by atoms with E-state index in [4.69, 9.17) is 0 Å². The van der Waals surface area contributed by atoms with Crippen LogP contribution in [0.25, 0.3) is 10.2 Å². The molecule has 0 aliphatic carbocycles. The summed E-state index contributed by atoms with van der Waals surface area (Å²) in [5.41, 5.74) is 4.74. The van der Waals surface area contributed by atoms with E-state index >= 15 is 0 Å². The normalized spacial score (nSPS) is 12.4. The number of anilines is 1. The zero-order chi connectivity index (χ0) is 19.2. The number of carbonyl (C=O) groups excluding carboxylic acids is 1. The van der Waals surface area contributed by atoms with Crippen LogP contribution in [0.5, 0.6) is 0 Å². The second-order valence-electron chi connectivity index (χ2n) is 6.86. The van der Waals surface area contributed by atoms with Gasteiger partial charge in [-0.1, -0.05) is 17.7 Å². The molecule has 0 aliphatic rings. The number of amides is 1. The van der Waals surface area contributed by atoms with Gasteiger partial charge >= 0.3 is 0 Å². The van der Waals surface area contributed by atoms with Crippen molar-refractivity contribution < 1.29 is 4.79 Å². The van der Waals surface area contributed by atoms with Crippen molar-refractivity contribution in [3.05, 3.63) is 55.9 Å². The first-order chi connectivity index (χ1) is 12.2. The Balaban J connectivity index is 1.97. The molecule has 0 aliphatic heterocycles. The molecule has 0 saturated heterocycles. The number of hydrogen-bond donors (Lipinski definition) is 1. The maximum absolute atomic E-state index is 12.9. The van der Waals surface area contributed by atoms with E-state index < -0.39 is 6.04 Å². The largest absolute Gasteiger partial charge is 0.324 e. The third kappa shape index (κ3) is 3.05. The second-order valence-corrected chi connectivity index (χ2v) is 8.06. The maximum atomic E-state index is 12.9. The predicted molar refractivity (Wildman–Crippen MR) is 107 cm³/mol. The van der Waals surface area contributed by atoms with Crippen LogP contribution < -0.4 is 10.9 Å². The van der Waals surface area contributed by atoms with Crippen molar-refractivity contribution in [1.82, 2.24) is 9.55 Å². The van der Waals surface area contributed by atoms with Crippen molar-refractivity contribution in [3.8, 4) is 0 Å². The molecule has 26 heavy (non-hydrogen) atoms. The Hall–Kier alpha value is -2.47. The third-order valence-corrected chi connectivity index (χ3v) is 5.95. The first-order valence-electron chi connectivity index (χ1n) is 8.56. The number of benzene rings is 1. The molecule has 0 spiro atoms. The van der Waals surface area contributed by atoms with Gasteiger partial charge < -0.3 is 5.32 Å². The minimum Gasteiger partial charge on any atom is -0.324 e. The topological polar surface area (TPSA) is 64.0 Å². The molecule has 0 fully saturated rings. The zero-order valence-electron chi connectivity index (χ0n) is 15.9. The van der Waals surface area contributed by atoms with Crippen LogP contribution in [0, 0.1) is 34.6 Å². The van der Waals surface area contributed by atoms with Crippen LogP contribution in [-0.4, -0.2) is 15.5 Å². The number of carbonyl (C=O) groups is 1. The van der Waals surface area contributed by atoms with Gasteiger partial charge in [0.05, 0.1) is 11.7 Å². The van der Waals surface area contributed by atoms with E-state index in [1.807, 2.05) is 46.8 Å². The van der Waals surface area contributed by atoms with E-state index in [0.29, 0.717) is 5.39 Å². The molecule has 5 nitrogen and oxygen atoms in total. The molecule has 0 saturated carbocycles. The number of thiophene rings is 1. The van der Waals surface area contributed by atoms with Crippen LogP contribution in [0.1, 0.15) is 40.1 Å². The third-order valence-electron chi connectivity index (χ3n) is 4.84. The van der Waals surface area contributed by atoms with Gasteiger partial charge in [0.15, 0.2) is 0 Å². The molecule has 1 N–H and O–H groups in total. The molecule has 0 bridgehead atoms.